The summed E-state index contributed by atoms with van der Waals surface area (Å²) < 4.78 is 6.04. The fourth-order valence-electron chi connectivity index (χ4n) is 11.3. The smallest absolute Gasteiger partial charge is 0.312 e. The summed E-state index contributed by atoms with van der Waals surface area (Å²) in [6, 6.07) is 0. The van der Waals surface area contributed by atoms with Crippen LogP contribution in [0.25, 0.3) is 0 Å². The number of rotatable bonds is 5. The van der Waals surface area contributed by atoms with E-state index >= 15 is 0 Å². The van der Waals surface area contributed by atoms with Crippen LogP contribution in [0.2, 0.25) is 0 Å². The summed E-state index contributed by atoms with van der Waals surface area (Å²) in [6.45, 7) is 17.6. The summed E-state index contributed by atoms with van der Waals surface area (Å²) >= 11 is 0. The summed E-state index contributed by atoms with van der Waals surface area (Å²) in [5.41, 5.74) is 1.24. The predicted molar refractivity (Wildman–Crippen MR) is 158 cm³/mol. The van der Waals surface area contributed by atoms with E-state index in [9.17, 15) is 9.59 Å². The molecule has 5 aliphatic carbocycles. The van der Waals surface area contributed by atoms with E-state index in [1.807, 2.05) is 0 Å². The number of H-pyrrole nitrogens is 1. The summed E-state index contributed by atoms with van der Waals surface area (Å²) in [6.07, 6.45) is 11.6. The molecule has 6 rings (SSSR count). The number of ether oxygens (including phenoxy) is 1. The minimum atomic E-state index is -0.451. The second-order valence-electron chi connectivity index (χ2n) is 15.7. The van der Waals surface area contributed by atoms with Crippen LogP contribution in [0.4, 0.5) is 5.95 Å². The molecule has 0 radical (unpaired) electrons. The molecule has 0 aromatic carbocycles. The van der Waals surface area contributed by atoms with Crippen molar-refractivity contribution in [3.05, 3.63) is 11.6 Å². The predicted octanol–water partition coefficient (Wildman–Crippen LogP) is 6.38. The number of carbonyl (C=O) groups is 2. The van der Waals surface area contributed by atoms with Crippen molar-refractivity contribution >= 4 is 17.7 Å². The maximum absolute atomic E-state index is 14.1. The SMILES string of the molecule is C[C@H]1[C@H](C)CC[C@]2(C(=O)OCCNc3nn[nH]n3)CC[C@]3(C)C(=CC[C@@H]4[C@@]5(C)CCC(=O)C(C)(C)[C@@H]5CC[C@]43C)[C@H]12. The Morgan fingerprint density at radius 1 is 1.05 bits per heavy atom. The van der Waals surface area contributed by atoms with E-state index in [-0.39, 0.29) is 40.2 Å². The van der Waals surface area contributed by atoms with Crippen LogP contribution in [-0.2, 0) is 14.3 Å². The third-order valence-corrected chi connectivity index (χ3v) is 14.1. The zero-order valence-electron chi connectivity index (χ0n) is 26.3. The topological polar surface area (TPSA) is 110 Å². The molecule has 0 unspecified atom stereocenters. The quantitative estimate of drug-likeness (QED) is 0.242. The minimum Gasteiger partial charge on any atom is -0.463 e. The Balaban J connectivity index is 1.31. The zero-order chi connectivity index (χ0) is 29.4. The lowest BCUT2D eigenvalue weighted by Crippen LogP contribution is -2.65. The second kappa shape index (κ2) is 9.63. The van der Waals surface area contributed by atoms with Gasteiger partial charge in [-0.1, -0.05) is 65.2 Å². The number of ketones is 1. The number of anilines is 1. The number of hydrogen-bond donors (Lipinski definition) is 2. The second-order valence-corrected chi connectivity index (χ2v) is 15.7. The number of nitrogens with zero attached hydrogens (tertiary/aromatic N) is 3. The Morgan fingerprint density at radius 2 is 1.83 bits per heavy atom. The summed E-state index contributed by atoms with van der Waals surface area (Å²) in [4.78, 5) is 27.1. The number of nitrogens with one attached hydrogen (secondary N) is 2. The lowest BCUT2D eigenvalue weighted by Gasteiger charge is -2.70. The fraction of sp³-hybridized carbons (Fsp3) is 0.848. The summed E-state index contributed by atoms with van der Waals surface area (Å²) in [5, 5.41) is 16.9. The van der Waals surface area contributed by atoms with Gasteiger partial charge in [0.15, 0.2) is 0 Å². The average Bonchev–Trinajstić information content (AvgIpc) is 3.45. The van der Waals surface area contributed by atoms with Gasteiger partial charge < -0.3 is 10.1 Å². The van der Waals surface area contributed by atoms with Gasteiger partial charge in [-0.2, -0.15) is 5.21 Å². The lowest BCUT2D eigenvalue weighted by atomic mass is 9.33. The maximum Gasteiger partial charge on any atom is 0.312 e. The highest BCUT2D eigenvalue weighted by molar-refractivity contribution is 5.85. The molecule has 0 spiro atoms. The van der Waals surface area contributed by atoms with E-state index in [0.29, 0.717) is 48.4 Å². The molecule has 4 saturated carbocycles. The van der Waals surface area contributed by atoms with Gasteiger partial charge in [0.25, 0.3) is 5.95 Å². The van der Waals surface area contributed by atoms with E-state index in [1.165, 1.54) is 6.42 Å². The fourth-order valence-corrected chi connectivity index (χ4v) is 11.3. The van der Waals surface area contributed by atoms with Gasteiger partial charge in [-0.3, -0.25) is 9.59 Å². The lowest BCUT2D eigenvalue weighted by molar-refractivity contribution is -0.192. The van der Waals surface area contributed by atoms with Crippen LogP contribution in [-0.4, -0.2) is 45.5 Å². The van der Waals surface area contributed by atoms with Crippen molar-refractivity contribution in [3.63, 3.8) is 0 Å². The molecule has 9 atom stereocenters. The van der Waals surface area contributed by atoms with E-state index < -0.39 is 5.41 Å². The number of tetrazole rings is 1. The number of allylic oxidation sites excluding steroid dienone is 2. The van der Waals surface area contributed by atoms with Gasteiger partial charge in [0.05, 0.1) is 12.0 Å². The van der Waals surface area contributed by atoms with E-state index in [1.54, 1.807) is 5.57 Å². The first-order valence-electron chi connectivity index (χ1n) is 16.2. The number of hydrogen-bond acceptors (Lipinski definition) is 7. The molecule has 0 saturated heterocycles. The average molecular weight is 566 g/mol. The van der Waals surface area contributed by atoms with Crippen LogP contribution < -0.4 is 5.32 Å². The van der Waals surface area contributed by atoms with Gasteiger partial charge in [0.1, 0.15) is 12.4 Å². The van der Waals surface area contributed by atoms with Crippen LogP contribution >= 0.6 is 0 Å². The van der Waals surface area contributed by atoms with Crippen LogP contribution in [0.1, 0.15) is 106 Å². The molecule has 1 aromatic rings. The van der Waals surface area contributed by atoms with Crippen molar-refractivity contribution in [2.45, 2.75) is 106 Å². The molecule has 1 aromatic heterocycles. The van der Waals surface area contributed by atoms with Crippen LogP contribution in [0, 0.1) is 56.7 Å². The summed E-state index contributed by atoms with van der Waals surface area (Å²) in [5.74, 6) is 3.08. The molecule has 4 fully saturated rings. The molecule has 226 valence electrons. The van der Waals surface area contributed by atoms with Crippen molar-refractivity contribution in [2.24, 2.45) is 56.7 Å². The number of esters is 1. The zero-order valence-corrected chi connectivity index (χ0v) is 26.3. The van der Waals surface area contributed by atoms with Crippen molar-refractivity contribution in [1.29, 1.82) is 0 Å². The van der Waals surface area contributed by atoms with Crippen molar-refractivity contribution < 1.29 is 14.3 Å². The Labute approximate surface area is 245 Å². The van der Waals surface area contributed by atoms with Crippen LogP contribution in [0.5, 0.6) is 0 Å². The molecule has 1 heterocycles. The van der Waals surface area contributed by atoms with Gasteiger partial charge in [0.2, 0.25) is 0 Å². The third-order valence-electron chi connectivity index (χ3n) is 14.1. The Bertz CT molecular complexity index is 1230. The van der Waals surface area contributed by atoms with Gasteiger partial charge in [-0.15, -0.1) is 5.10 Å². The number of Topliss-reactive ketones (excluding diaryl/α,β-unsaturated/α-hetero) is 1. The van der Waals surface area contributed by atoms with Crippen molar-refractivity contribution in [2.75, 3.05) is 18.5 Å². The van der Waals surface area contributed by atoms with Crippen molar-refractivity contribution in [1.82, 2.24) is 20.6 Å². The highest BCUT2D eigenvalue weighted by Gasteiger charge is 2.69. The molecule has 41 heavy (non-hydrogen) atoms. The van der Waals surface area contributed by atoms with E-state index in [4.69, 9.17) is 4.74 Å². The van der Waals surface area contributed by atoms with Gasteiger partial charge >= 0.3 is 5.97 Å². The number of carbonyl (C=O) groups excluding carboxylic acids is 2. The molecule has 5 aliphatic rings. The molecular formula is C33H51N5O3. The van der Waals surface area contributed by atoms with E-state index in [0.717, 1.165) is 44.9 Å². The minimum absolute atomic E-state index is 0.0189. The number of fused-ring (bicyclic) bond motifs is 7. The first-order chi connectivity index (χ1) is 19.3. The first kappa shape index (κ1) is 28.9. The normalized spacial score (nSPS) is 44.9. The molecule has 0 bridgehead atoms. The van der Waals surface area contributed by atoms with Crippen LogP contribution in [0.15, 0.2) is 11.6 Å². The van der Waals surface area contributed by atoms with Gasteiger partial charge in [-0.25, -0.2) is 0 Å². The number of aromatic amines is 1. The summed E-state index contributed by atoms with van der Waals surface area (Å²) in [7, 11) is 0. The standard InChI is InChI=1S/C33H51N5O3/c1-20-10-15-33(27(40)41-19-18-34-28-35-37-38-36-28)17-16-31(6)22(26(33)21(20)2)8-9-24-30(5)13-12-25(39)29(3,4)23(30)11-14-32(24,31)7/h8,20-21,23-24,26H,9-19H2,1-7H3,(H2,34,35,36,37,38)/t20-,21+,23+,24-,26+,30+,31-,32-,33+/m1/s1. The highest BCUT2D eigenvalue weighted by atomic mass is 16.5. The van der Waals surface area contributed by atoms with E-state index in [2.05, 4.69) is 80.5 Å². The van der Waals surface area contributed by atoms with Crippen molar-refractivity contribution in [3.8, 4) is 0 Å². The largest absolute Gasteiger partial charge is 0.463 e. The van der Waals surface area contributed by atoms with Gasteiger partial charge in [0, 0.05) is 11.8 Å². The molecule has 8 heteroatoms. The molecule has 0 aliphatic heterocycles. The monoisotopic (exact) mass is 565 g/mol. The Morgan fingerprint density at radius 3 is 2.56 bits per heavy atom. The maximum atomic E-state index is 14.1. The highest BCUT2D eigenvalue weighted by Crippen LogP contribution is 2.75. The molecule has 0 amide bonds. The Hall–Kier alpha value is -2.25. The van der Waals surface area contributed by atoms with Crippen LogP contribution in [0.3, 0.4) is 0 Å². The number of aromatic nitrogens is 4. The van der Waals surface area contributed by atoms with Gasteiger partial charge in [-0.05, 0) is 102 Å². The molecule has 2 N–H and O–H groups in total. The molecule has 8 nitrogen and oxygen atoms in total. The third kappa shape index (κ3) is 3.93. The Kier molecular flexibility index (Phi) is 6.78. The molecular weight excluding hydrogens is 514 g/mol. The first-order valence-corrected chi connectivity index (χ1v) is 16.2.